The van der Waals surface area contributed by atoms with E-state index >= 15 is 0 Å². The second-order valence-electron chi connectivity index (χ2n) is 4.41. The molecule has 4 nitrogen and oxygen atoms in total. The highest BCUT2D eigenvalue weighted by atomic mass is 19.4. The Balaban J connectivity index is 2.37. The summed E-state index contributed by atoms with van der Waals surface area (Å²) in [6.07, 6.45) is -2.88. The normalized spacial score (nSPS) is 11.4. The zero-order valence-electron chi connectivity index (χ0n) is 10.9. The van der Waals surface area contributed by atoms with Gasteiger partial charge in [0, 0.05) is 17.4 Å². The van der Waals surface area contributed by atoms with E-state index in [0.717, 1.165) is 6.07 Å². The lowest BCUT2D eigenvalue weighted by molar-refractivity contribution is -0.138. The molecule has 0 saturated heterocycles. The average molecular weight is 282 g/mol. The maximum atomic E-state index is 12.8. The molecule has 0 aliphatic heterocycles. The summed E-state index contributed by atoms with van der Waals surface area (Å²) in [5, 5.41) is 2.82. The van der Waals surface area contributed by atoms with Crippen molar-refractivity contribution in [2.24, 2.45) is 0 Å². The van der Waals surface area contributed by atoms with Crippen molar-refractivity contribution in [2.75, 3.05) is 11.1 Å². The van der Waals surface area contributed by atoms with Crippen LogP contribution in [0.5, 0.6) is 0 Å². The molecule has 1 aromatic heterocycles. The standard InChI is InChI=1S/C13H13F3N4/c1-7-3-4-9(5-10(7)13(14,15)16)19-11-8(2)6-18-12(17)20-11/h3-6H,1-2H3,(H3,17,18,19,20). The molecule has 0 aliphatic rings. The summed E-state index contributed by atoms with van der Waals surface area (Å²) >= 11 is 0. The lowest BCUT2D eigenvalue weighted by Gasteiger charge is -2.14. The van der Waals surface area contributed by atoms with Crippen molar-refractivity contribution >= 4 is 17.5 Å². The third-order valence-electron chi connectivity index (χ3n) is 2.80. The molecular weight excluding hydrogens is 269 g/mol. The number of halogens is 3. The molecule has 1 heterocycles. The predicted octanol–water partition coefficient (Wildman–Crippen LogP) is 3.44. The van der Waals surface area contributed by atoms with Gasteiger partial charge in [-0.15, -0.1) is 0 Å². The van der Waals surface area contributed by atoms with E-state index in [1.807, 2.05) is 0 Å². The molecule has 106 valence electrons. The fourth-order valence-corrected chi connectivity index (χ4v) is 1.72. The molecule has 0 atom stereocenters. The minimum absolute atomic E-state index is 0.0567. The van der Waals surface area contributed by atoms with E-state index < -0.39 is 11.7 Å². The Kier molecular flexibility index (Phi) is 3.52. The third kappa shape index (κ3) is 2.98. The first-order valence-corrected chi connectivity index (χ1v) is 5.81. The number of nitrogens with one attached hydrogen (secondary N) is 1. The number of rotatable bonds is 2. The molecule has 0 amide bonds. The smallest absolute Gasteiger partial charge is 0.368 e. The Bertz CT molecular complexity index is 638. The SMILES string of the molecule is Cc1ccc(Nc2nc(N)ncc2C)cc1C(F)(F)F. The summed E-state index contributed by atoms with van der Waals surface area (Å²) in [5.74, 6) is 0.440. The van der Waals surface area contributed by atoms with Gasteiger partial charge in [0.25, 0.3) is 0 Å². The molecule has 3 N–H and O–H groups in total. The second kappa shape index (κ2) is 4.99. The maximum Gasteiger partial charge on any atom is 0.416 e. The number of nitrogens with two attached hydrogens (primary N) is 1. The van der Waals surface area contributed by atoms with E-state index in [9.17, 15) is 13.2 Å². The summed E-state index contributed by atoms with van der Waals surface area (Å²) in [6.45, 7) is 3.15. The minimum Gasteiger partial charge on any atom is -0.368 e. The fourth-order valence-electron chi connectivity index (χ4n) is 1.72. The lowest BCUT2D eigenvalue weighted by atomic mass is 10.1. The highest BCUT2D eigenvalue weighted by Crippen LogP contribution is 2.34. The zero-order chi connectivity index (χ0) is 14.9. The quantitative estimate of drug-likeness (QED) is 0.885. The molecule has 0 fully saturated rings. The van der Waals surface area contributed by atoms with Gasteiger partial charge in [-0.05, 0) is 31.5 Å². The van der Waals surface area contributed by atoms with Gasteiger partial charge >= 0.3 is 6.18 Å². The molecule has 2 aromatic rings. The monoisotopic (exact) mass is 282 g/mol. The van der Waals surface area contributed by atoms with Gasteiger partial charge in [0.1, 0.15) is 5.82 Å². The van der Waals surface area contributed by atoms with Crippen LogP contribution < -0.4 is 11.1 Å². The topological polar surface area (TPSA) is 63.8 Å². The van der Waals surface area contributed by atoms with Crippen LogP contribution in [-0.2, 0) is 6.18 Å². The third-order valence-corrected chi connectivity index (χ3v) is 2.80. The van der Waals surface area contributed by atoms with Crippen LogP contribution in [0.3, 0.4) is 0 Å². The molecule has 0 spiro atoms. The highest BCUT2D eigenvalue weighted by molar-refractivity contribution is 5.61. The molecule has 1 aromatic carbocycles. The van der Waals surface area contributed by atoms with E-state index in [1.54, 1.807) is 13.0 Å². The Morgan fingerprint density at radius 3 is 2.50 bits per heavy atom. The van der Waals surface area contributed by atoms with Gasteiger partial charge in [-0.25, -0.2) is 4.98 Å². The summed E-state index contributed by atoms with van der Waals surface area (Å²) < 4.78 is 38.5. The van der Waals surface area contributed by atoms with Gasteiger partial charge in [-0.2, -0.15) is 18.2 Å². The summed E-state index contributed by atoms with van der Waals surface area (Å²) in [5.41, 5.74) is 5.94. The first-order valence-electron chi connectivity index (χ1n) is 5.81. The number of anilines is 3. The fraction of sp³-hybridized carbons (Fsp3) is 0.231. The van der Waals surface area contributed by atoms with Crippen LogP contribution >= 0.6 is 0 Å². The molecule has 2 rings (SSSR count). The van der Waals surface area contributed by atoms with Gasteiger partial charge in [0.15, 0.2) is 0 Å². The average Bonchev–Trinajstić information content (AvgIpc) is 2.35. The molecule has 0 bridgehead atoms. The molecule has 20 heavy (non-hydrogen) atoms. The van der Waals surface area contributed by atoms with Crippen LogP contribution in [0.4, 0.5) is 30.6 Å². The summed E-state index contributed by atoms with van der Waals surface area (Å²) in [7, 11) is 0. The van der Waals surface area contributed by atoms with E-state index in [4.69, 9.17) is 5.73 Å². The molecule has 7 heteroatoms. The minimum atomic E-state index is -4.39. The number of aryl methyl sites for hydroxylation is 2. The largest absolute Gasteiger partial charge is 0.416 e. The number of hydrogen-bond acceptors (Lipinski definition) is 4. The van der Waals surface area contributed by atoms with Gasteiger partial charge in [0.2, 0.25) is 5.95 Å². The maximum absolute atomic E-state index is 12.8. The second-order valence-corrected chi connectivity index (χ2v) is 4.41. The van der Waals surface area contributed by atoms with Gasteiger partial charge < -0.3 is 11.1 Å². The molecule has 0 unspecified atom stereocenters. The van der Waals surface area contributed by atoms with Crippen LogP contribution in [0.25, 0.3) is 0 Å². The molecule has 0 saturated carbocycles. The zero-order valence-corrected chi connectivity index (χ0v) is 10.9. The van der Waals surface area contributed by atoms with Crippen molar-refractivity contribution in [3.63, 3.8) is 0 Å². The van der Waals surface area contributed by atoms with Crippen molar-refractivity contribution in [1.82, 2.24) is 9.97 Å². The van der Waals surface area contributed by atoms with Crippen LogP contribution in [0.15, 0.2) is 24.4 Å². The van der Waals surface area contributed by atoms with Crippen LogP contribution in [0, 0.1) is 13.8 Å². The van der Waals surface area contributed by atoms with E-state index in [0.29, 0.717) is 17.1 Å². The Morgan fingerprint density at radius 2 is 1.85 bits per heavy atom. The van der Waals surface area contributed by atoms with Gasteiger partial charge in [-0.1, -0.05) is 6.07 Å². The van der Waals surface area contributed by atoms with E-state index in [2.05, 4.69) is 15.3 Å². The number of aromatic nitrogens is 2. The number of alkyl halides is 3. The molecule has 0 radical (unpaired) electrons. The number of hydrogen-bond donors (Lipinski definition) is 2. The number of nitrogens with zero attached hydrogens (tertiary/aromatic N) is 2. The van der Waals surface area contributed by atoms with Crippen molar-refractivity contribution in [3.8, 4) is 0 Å². The van der Waals surface area contributed by atoms with Crippen molar-refractivity contribution in [3.05, 3.63) is 41.1 Å². The Hall–Kier alpha value is -2.31. The Morgan fingerprint density at radius 1 is 1.15 bits per heavy atom. The lowest BCUT2D eigenvalue weighted by Crippen LogP contribution is -2.08. The van der Waals surface area contributed by atoms with Crippen molar-refractivity contribution in [2.45, 2.75) is 20.0 Å². The van der Waals surface area contributed by atoms with Crippen LogP contribution in [0.1, 0.15) is 16.7 Å². The molecular formula is C13H13F3N4. The van der Waals surface area contributed by atoms with Gasteiger partial charge in [-0.3, -0.25) is 0 Å². The van der Waals surface area contributed by atoms with E-state index in [1.165, 1.54) is 19.2 Å². The van der Waals surface area contributed by atoms with Crippen LogP contribution in [-0.4, -0.2) is 9.97 Å². The van der Waals surface area contributed by atoms with Crippen LogP contribution in [0.2, 0.25) is 0 Å². The highest BCUT2D eigenvalue weighted by Gasteiger charge is 2.32. The van der Waals surface area contributed by atoms with E-state index in [-0.39, 0.29) is 11.5 Å². The summed E-state index contributed by atoms with van der Waals surface area (Å²) in [4.78, 5) is 7.76. The first kappa shape index (κ1) is 14.1. The van der Waals surface area contributed by atoms with Gasteiger partial charge in [0.05, 0.1) is 5.56 Å². The Labute approximate surface area is 113 Å². The number of benzene rings is 1. The first-order chi connectivity index (χ1) is 9.27. The predicted molar refractivity (Wildman–Crippen MR) is 70.6 cm³/mol. The molecule has 0 aliphatic carbocycles. The number of nitrogen functional groups attached to an aromatic ring is 1. The summed E-state index contributed by atoms with van der Waals surface area (Å²) in [6, 6.07) is 4.01. The van der Waals surface area contributed by atoms with Crippen molar-refractivity contribution in [1.29, 1.82) is 0 Å². The van der Waals surface area contributed by atoms with Crippen molar-refractivity contribution < 1.29 is 13.2 Å².